The first kappa shape index (κ1) is 15.0. The van der Waals surface area contributed by atoms with Crippen LogP contribution >= 0.6 is 11.3 Å². The predicted octanol–water partition coefficient (Wildman–Crippen LogP) is 2.95. The number of aliphatic carboxylic acids is 1. The zero-order valence-electron chi connectivity index (χ0n) is 12.0. The fourth-order valence-corrected chi connectivity index (χ4v) is 3.76. The average Bonchev–Trinajstić information content (AvgIpc) is 2.81. The van der Waals surface area contributed by atoms with Crippen molar-refractivity contribution in [3.05, 3.63) is 21.4 Å². The molecule has 0 spiro atoms. The van der Waals surface area contributed by atoms with Gasteiger partial charge in [0.25, 0.3) is 5.91 Å². The molecule has 20 heavy (non-hydrogen) atoms. The average molecular weight is 295 g/mol. The molecule has 0 bridgehead atoms. The van der Waals surface area contributed by atoms with E-state index in [9.17, 15) is 9.59 Å². The van der Waals surface area contributed by atoms with Crippen molar-refractivity contribution in [1.82, 2.24) is 4.90 Å². The number of carboxylic acid groups (broad SMARTS) is 1. The van der Waals surface area contributed by atoms with Gasteiger partial charge in [0.2, 0.25) is 0 Å². The van der Waals surface area contributed by atoms with Crippen LogP contribution in [0.4, 0.5) is 0 Å². The van der Waals surface area contributed by atoms with Crippen LogP contribution in [0.25, 0.3) is 0 Å². The highest BCUT2D eigenvalue weighted by Crippen LogP contribution is 2.30. The number of carbonyl (C=O) groups excluding carboxylic acids is 1. The number of hydrogen-bond donors (Lipinski definition) is 1. The quantitative estimate of drug-likeness (QED) is 0.908. The second-order valence-electron chi connectivity index (χ2n) is 5.50. The highest BCUT2D eigenvalue weighted by molar-refractivity contribution is 7.14. The van der Waals surface area contributed by atoms with Gasteiger partial charge in [-0.25, -0.2) is 0 Å². The molecule has 2 rings (SSSR count). The lowest BCUT2D eigenvalue weighted by molar-refractivity contribution is -0.137. The molecule has 4 nitrogen and oxygen atoms in total. The number of nitrogens with zero attached hydrogens (tertiary/aromatic N) is 1. The van der Waals surface area contributed by atoms with Crippen molar-refractivity contribution in [2.45, 2.75) is 52.0 Å². The number of amides is 1. The molecular weight excluding hydrogens is 274 g/mol. The van der Waals surface area contributed by atoms with E-state index in [4.69, 9.17) is 5.11 Å². The summed E-state index contributed by atoms with van der Waals surface area (Å²) in [5.74, 6) is -0.894. The lowest BCUT2D eigenvalue weighted by Crippen LogP contribution is -2.38. The van der Waals surface area contributed by atoms with Crippen molar-refractivity contribution in [2.75, 3.05) is 6.54 Å². The van der Waals surface area contributed by atoms with E-state index in [2.05, 4.69) is 0 Å². The molecule has 1 amide bonds. The van der Waals surface area contributed by atoms with Gasteiger partial charge in [-0.2, -0.15) is 0 Å². The van der Waals surface area contributed by atoms with Crippen molar-refractivity contribution in [3.63, 3.8) is 0 Å². The summed E-state index contributed by atoms with van der Waals surface area (Å²) in [6.45, 7) is 4.12. The van der Waals surface area contributed by atoms with Gasteiger partial charge in [0, 0.05) is 17.5 Å². The molecule has 1 N–H and O–H groups in total. The van der Waals surface area contributed by atoms with Crippen LogP contribution in [0.2, 0.25) is 0 Å². The lowest BCUT2D eigenvalue weighted by Gasteiger charge is -2.25. The van der Waals surface area contributed by atoms with Crippen molar-refractivity contribution in [2.24, 2.45) is 0 Å². The Balaban J connectivity index is 2.14. The first-order valence-electron chi connectivity index (χ1n) is 7.13. The Bertz CT molecular complexity index is 484. The van der Waals surface area contributed by atoms with Gasteiger partial charge in [-0.15, -0.1) is 11.3 Å². The minimum Gasteiger partial charge on any atom is -0.481 e. The summed E-state index contributed by atoms with van der Waals surface area (Å²) < 4.78 is 0. The first-order valence-corrected chi connectivity index (χ1v) is 7.95. The molecule has 0 aliphatic heterocycles. The number of rotatable bonds is 5. The normalized spacial score (nSPS) is 14.2. The maximum absolute atomic E-state index is 12.6. The maximum Gasteiger partial charge on any atom is 0.305 e. The minimum absolute atomic E-state index is 0.00495. The highest BCUT2D eigenvalue weighted by Gasteiger charge is 2.23. The third-order valence-electron chi connectivity index (χ3n) is 3.66. The molecule has 1 aliphatic rings. The second kappa shape index (κ2) is 6.39. The summed E-state index contributed by atoms with van der Waals surface area (Å²) in [6.07, 6.45) is 4.54. The van der Waals surface area contributed by atoms with Crippen LogP contribution in [0.5, 0.6) is 0 Å². The van der Waals surface area contributed by atoms with Gasteiger partial charge in [-0.1, -0.05) is 0 Å². The van der Waals surface area contributed by atoms with Gasteiger partial charge in [-0.3, -0.25) is 9.59 Å². The topological polar surface area (TPSA) is 57.6 Å². The van der Waals surface area contributed by atoms with E-state index < -0.39 is 5.97 Å². The Labute approximate surface area is 123 Å². The number of thiophene rings is 1. The molecule has 0 aromatic carbocycles. The minimum atomic E-state index is -0.867. The predicted molar refractivity (Wildman–Crippen MR) is 79.4 cm³/mol. The van der Waals surface area contributed by atoms with Crippen LogP contribution in [-0.4, -0.2) is 34.5 Å². The molecule has 0 unspecified atom stereocenters. The number of fused-ring (bicyclic) bond motifs is 1. The van der Waals surface area contributed by atoms with Crippen LogP contribution in [0, 0.1) is 0 Å². The van der Waals surface area contributed by atoms with E-state index in [-0.39, 0.29) is 24.9 Å². The molecule has 0 saturated heterocycles. The van der Waals surface area contributed by atoms with Gasteiger partial charge < -0.3 is 10.0 Å². The molecule has 1 aromatic rings. The van der Waals surface area contributed by atoms with Crippen LogP contribution in [0.15, 0.2) is 6.07 Å². The molecule has 1 aliphatic carbocycles. The number of hydrogen-bond acceptors (Lipinski definition) is 3. The van der Waals surface area contributed by atoms with E-state index in [0.29, 0.717) is 0 Å². The molecule has 110 valence electrons. The Hall–Kier alpha value is -1.36. The summed E-state index contributed by atoms with van der Waals surface area (Å²) in [6, 6.07) is 2.03. The zero-order valence-corrected chi connectivity index (χ0v) is 12.8. The van der Waals surface area contributed by atoms with E-state index in [0.717, 1.165) is 17.7 Å². The van der Waals surface area contributed by atoms with Crippen molar-refractivity contribution in [1.29, 1.82) is 0 Å². The van der Waals surface area contributed by atoms with E-state index in [1.807, 2.05) is 19.9 Å². The summed E-state index contributed by atoms with van der Waals surface area (Å²) in [7, 11) is 0. The Morgan fingerprint density at radius 2 is 2.05 bits per heavy atom. The van der Waals surface area contributed by atoms with Crippen LogP contribution in [-0.2, 0) is 17.6 Å². The maximum atomic E-state index is 12.6. The third kappa shape index (κ3) is 3.39. The van der Waals surface area contributed by atoms with Gasteiger partial charge >= 0.3 is 5.97 Å². The molecule has 0 fully saturated rings. The van der Waals surface area contributed by atoms with E-state index in [1.165, 1.54) is 23.3 Å². The van der Waals surface area contributed by atoms with Crippen LogP contribution in [0.1, 0.15) is 53.2 Å². The highest BCUT2D eigenvalue weighted by atomic mass is 32.1. The molecule has 0 atom stereocenters. The van der Waals surface area contributed by atoms with E-state index >= 15 is 0 Å². The molecular formula is C15H21NO3S. The van der Waals surface area contributed by atoms with Gasteiger partial charge in [0.05, 0.1) is 11.3 Å². The third-order valence-corrected chi connectivity index (χ3v) is 4.88. The van der Waals surface area contributed by atoms with E-state index in [1.54, 1.807) is 16.2 Å². The molecule has 1 heterocycles. The summed E-state index contributed by atoms with van der Waals surface area (Å²) in [5, 5.41) is 8.79. The molecule has 1 aromatic heterocycles. The van der Waals surface area contributed by atoms with Crippen LogP contribution in [0.3, 0.4) is 0 Å². The van der Waals surface area contributed by atoms with Crippen molar-refractivity contribution >= 4 is 23.2 Å². The smallest absolute Gasteiger partial charge is 0.305 e. The van der Waals surface area contributed by atoms with Crippen molar-refractivity contribution < 1.29 is 14.7 Å². The number of aryl methyl sites for hydroxylation is 2. The fraction of sp³-hybridized carbons (Fsp3) is 0.600. The molecule has 0 saturated carbocycles. The summed E-state index contributed by atoms with van der Waals surface area (Å²) in [4.78, 5) is 27.0. The Kier molecular flexibility index (Phi) is 4.81. The van der Waals surface area contributed by atoms with Gasteiger partial charge in [-0.05, 0) is 51.2 Å². The van der Waals surface area contributed by atoms with Crippen LogP contribution < -0.4 is 0 Å². The largest absolute Gasteiger partial charge is 0.481 e. The van der Waals surface area contributed by atoms with Crippen molar-refractivity contribution in [3.8, 4) is 0 Å². The molecule has 0 radical (unpaired) electrons. The summed E-state index contributed by atoms with van der Waals surface area (Å²) >= 11 is 1.58. The monoisotopic (exact) mass is 295 g/mol. The second-order valence-corrected chi connectivity index (χ2v) is 6.64. The van der Waals surface area contributed by atoms with Gasteiger partial charge in [0.1, 0.15) is 0 Å². The number of carbonyl (C=O) groups is 2. The lowest BCUT2D eigenvalue weighted by atomic mass is 9.99. The Morgan fingerprint density at radius 1 is 1.35 bits per heavy atom. The SMILES string of the molecule is CC(C)N(CCC(=O)O)C(=O)c1cc2c(s1)CCCC2. The zero-order chi connectivity index (χ0) is 14.7. The first-order chi connectivity index (χ1) is 9.49. The fourth-order valence-electron chi connectivity index (χ4n) is 2.55. The van der Waals surface area contributed by atoms with Gasteiger partial charge in [0.15, 0.2) is 0 Å². The molecule has 5 heteroatoms. The Morgan fingerprint density at radius 3 is 2.65 bits per heavy atom. The summed E-state index contributed by atoms with van der Waals surface area (Å²) in [5.41, 5.74) is 1.31. The standard InChI is InChI=1S/C15H21NO3S/c1-10(2)16(8-7-14(17)18)15(19)13-9-11-5-3-4-6-12(11)20-13/h9-10H,3-8H2,1-2H3,(H,17,18). The number of carboxylic acids is 1.